The van der Waals surface area contributed by atoms with Crippen LogP contribution in [0, 0.1) is 5.92 Å². The number of para-hydroxylation sites is 3. The first kappa shape index (κ1) is 31.9. The molecule has 7 aromatic carbocycles. The van der Waals surface area contributed by atoms with Crippen LogP contribution < -0.4 is 4.90 Å². The van der Waals surface area contributed by atoms with Crippen LogP contribution in [0.15, 0.2) is 178 Å². The predicted octanol–water partition coefficient (Wildman–Crippen LogP) is 14.6. The summed E-state index contributed by atoms with van der Waals surface area (Å²) >= 11 is 0. The van der Waals surface area contributed by atoms with E-state index in [-0.39, 0.29) is 11.3 Å². The van der Waals surface area contributed by atoms with Crippen LogP contribution >= 0.6 is 0 Å². The molecule has 0 N–H and O–H groups in total. The highest BCUT2D eigenvalue weighted by Crippen LogP contribution is 2.54. The molecular weight excluding hydrogens is 671 g/mol. The molecule has 2 aliphatic carbocycles. The lowest BCUT2D eigenvalue weighted by atomic mass is 9.82. The van der Waals surface area contributed by atoms with Crippen LogP contribution in [0.5, 0.6) is 0 Å². The van der Waals surface area contributed by atoms with Gasteiger partial charge in [-0.3, -0.25) is 0 Å². The molecule has 0 spiro atoms. The third-order valence-electron chi connectivity index (χ3n) is 12.2. The number of fused-ring (bicyclic) bond motifs is 10. The molecule has 2 aliphatic rings. The van der Waals surface area contributed by atoms with Crippen molar-refractivity contribution in [3.63, 3.8) is 0 Å². The van der Waals surface area contributed by atoms with Gasteiger partial charge in [-0.2, -0.15) is 0 Å². The summed E-state index contributed by atoms with van der Waals surface area (Å²) in [4.78, 5) is 2.48. The molecule has 55 heavy (non-hydrogen) atoms. The highest BCUT2D eigenvalue weighted by Gasteiger charge is 2.38. The van der Waals surface area contributed by atoms with Crippen LogP contribution in [0.3, 0.4) is 0 Å². The maximum atomic E-state index is 6.61. The fourth-order valence-corrected chi connectivity index (χ4v) is 9.35. The van der Waals surface area contributed by atoms with E-state index in [1.165, 1.54) is 44.5 Å². The molecule has 3 heteroatoms. The molecule has 2 aromatic heterocycles. The largest absolute Gasteiger partial charge is 0.455 e. The Balaban J connectivity index is 1.06. The van der Waals surface area contributed by atoms with Crippen molar-refractivity contribution >= 4 is 60.8 Å². The van der Waals surface area contributed by atoms with Crippen LogP contribution in [0.1, 0.15) is 43.9 Å². The maximum Gasteiger partial charge on any atom is 0.143 e. The zero-order valence-electron chi connectivity index (χ0n) is 31.1. The van der Waals surface area contributed by atoms with Gasteiger partial charge in [-0.05, 0) is 82.3 Å². The van der Waals surface area contributed by atoms with Crippen LogP contribution in [0.25, 0.3) is 71.7 Å². The first-order valence-electron chi connectivity index (χ1n) is 19.3. The number of nitrogens with zero attached hydrogens (tertiary/aromatic N) is 1. The third kappa shape index (κ3) is 4.82. The summed E-state index contributed by atoms with van der Waals surface area (Å²) in [5.74, 6) is 0.290. The Hall–Kier alpha value is -6.58. The lowest BCUT2D eigenvalue weighted by Gasteiger charge is -2.34. The van der Waals surface area contributed by atoms with Gasteiger partial charge in [-0.15, -0.1) is 0 Å². The Kier molecular flexibility index (Phi) is 6.94. The Morgan fingerprint density at radius 1 is 0.527 bits per heavy atom. The van der Waals surface area contributed by atoms with Gasteiger partial charge < -0.3 is 13.7 Å². The summed E-state index contributed by atoms with van der Waals surface area (Å²) in [5.41, 5.74) is 17.1. The van der Waals surface area contributed by atoms with E-state index < -0.39 is 0 Å². The van der Waals surface area contributed by atoms with E-state index in [0.717, 1.165) is 67.4 Å². The third-order valence-corrected chi connectivity index (χ3v) is 12.2. The van der Waals surface area contributed by atoms with Crippen molar-refractivity contribution in [2.45, 2.75) is 32.6 Å². The van der Waals surface area contributed by atoms with Crippen molar-refractivity contribution < 1.29 is 8.83 Å². The average molecular weight is 710 g/mol. The number of rotatable bonds is 5. The van der Waals surface area contributed by atoms with Gasteiger partial charge >= 0.3 is 0 Å². The van der Waals surface area contributed by atoms with Gasteiger partial charge in [0, 0.05) is 61.1 Å². The van der Waals surface area contributed by atoms with E-state index >= 15 is 0 Å². The van der Waals surface area contributed by atoms with Crippen molar-refractivity contribution in [1.82, 2.24) is 0 Å². The topological polar surface area (TPSA) is 29.5 Å². The average Bonchev–Trinajstić information content (AvgIpc) is 3.87. The predicted molar refractivity (Wildman–Crippen MR) is 229 cm³/mol. The summed E-state index contributed by atoms with van der Waals surface area (Å²) in [6, 6.07) is 54.6. The van der Waals surface area contributed by atoms with Gasteiger partial charge in [-0.25, -0.2) is 0 Å². The first-order valence-corrected chi connectivity index (χ1v) is 19.3. The van der Waals surface area contributed by atoms with Gasteiger partial charge in [0.2, 0.25) is 0 Å². The molecule has 0 saturated carbocycles. The smallest absolute Gasteiger partial charge is 0.143 e. The van der Waals surface area contributed by atoms with Gasteiger partial charge in [0.25, 0.3) is 0 Å². The Morgan fingerprint density at radius 3 is 1.93 bits per heavy atom. The zero-order valence-corrected chi connectivity index (χ0v) is 31.1. The SMILES string of the molecule is CC1CC(c2ccccc2)=CC=C1N(c1ccc(-c2cccc3c2oc2ccccc23)cc1)c1ccc2c(c1)C(C)(C)c1ccc3c(oc4ccccc43)c1-2. The van der Waals surface area contributed by atoms with Gasteiger partial charge in [0.15, 0.2) is 0 Å². The molecule has 9 aromatic rings. The van der Waals surface area contributed by atoms with E-state index in [0.29, 0.717) is 0 Å². The molecule has 1 atom stereocenters. The lowest BCUT2D eigenvalue weighted by molar-refractivity contribution is 0.652. The second kappa shape index (κ2) is 12.0. The molecular formula is C52H39NO2. The minimum Gasteiger partial charge on any atom is -0.455 e. The highest BCUT2D eigenvalue weighted by molar-refractivity contribution is 6.12. The van der Waals surface area contributed by atoms with E-state index in [1.54, 1.807) is 0 Å². The number of anilines is 2. The summed E-state index contributed by atoms with van der Waals surface area (Å²) in [5, 5.41) is 4.62. The van der Waals surface area contributed by atoms with E-state index in [2.05, 4.69) is 177 Å². The standard InChI is InChI=1S/C52H39NO2/c1-32-30-35(33-12-5-4-6-13-33)22-29-46(32)53(36-23-20-34(21-24-36)38-16-11-17-41-39-14-7-9-18-47(39)54-50(38)41)37-25-26-43-45(31-37)52(2,3)44-28-27-42-40-15-8-10-19-48(40)55-51(42)49(43)44/h4-29,31-32H,30H2,1-3H3. The zero-order chi connectivity index (χ0) is 36.8. The second-order valence-corrected chi connectivity index (χ2v) is 15.7. The first-order chi connectivity index (χ1) is 26.9. The van der Waals surface area contributed by atoms with Gasteiger partial charge in [0.05, 0.1) is 0 Å². The van der Waals surface area contributed by atoms with Crippen LogP contribution in [0.4, 0.5) is 11.4 Å². The quantitative estimate of drug-likeness (QED) is 0.178. The van der Waals surface area contributed by atoms with Crippen molar-refractivity contribution in [1.29, 1.82) is 0 Å². The molecule has 0 radical (unpaired) electrons. The van der Waals surface area contributed by atoms with E-state index in [4.69, 9.17) is 8.83 Å². The normalized spacial score (nSPS) is 16.0. The Morgan fingerprint density at radius 2 is 1.18 bits per heavy atom. The molecule has 2 heterocycles. The Bertz CT molecular complexity index is 3050. The summed E-state index contributed by atoms with van der Waals surface area (Å²) in [6.45, 7) is 7.06. The molecule has 3 nitrogen and oxygen atoms in total. The van der Waals surface area contributed by atoms with Crippen molar-refractivity contribution in [3.05, 3.63) is 186 Å². The van der Waals surface area contributed by atoms with Crippen LogP contribution in [0.2, 0.25) is 0 Å². The number of benzene rings is 7. The summed E-state index contributed by atoms with van der Waals surface area (Å²) < 4.78 is 13.0. The number of hydrogen-bond donors (Lipinski definition) is 0. The molecule has 0 amide bonds. The lowest BCUT2D eigenvalue weighted by Crippen LogP contribution is -2.24. The number of allylic oxidation sites excluding steroid dienone is 4. The number of furan rings is 2. The van der Waals surface area contributed by atoms with Crippen molar-refractivity contribution in [2.75, 3.05) is 4.90 Å². The van der Waals surface area contributed by atoms with Crippen molar-refractivity contribution in [3.8, 4) is 22.3 Å². The minimum atomic E-state index is -0.207. The molecule has 1 unspecified atom stereocenters. The van der Waals surface area contributed by atoms with E-state index in [1.807, 2.05) is 12.1 Å². The molecule has 11 rings (SSSR count). The fraction of sp³-hybridized carbons (Fsp3) is 0.115. The maximum absolute atomic E-state index is 6.61. The van der Waals surface area contributed by atoms with Gasteiger partial charge in [-0.1, -0.05) is 142 Å². The van der Waals surface area contributed by atoms with Gasteiger partial charge in [0.1, 0.15) is 22.3 Å². The minimum absolute atomic E-state index is 0.207. The fourth-order valence-electron chi connectivity index (χ4n) is 9.35. The molecule has 264 valence electrons. The molecule has 0 saturated heterocycles. The van der Waals surface area contributed by atoms with Crippen LogP contribution in [-0.2, 0) is 5.41 Å². The molecule has 0 fully saturated rings. The highest BCUT2D eigenvalue weighted by atomic mass is 16.3. The molecule has 0 bridgehead atoms. The second-order valence-electron chi connectivity index (χ2n) is 15.7. The van der Waals surface area contributed by atoms with Crippen LogP contribution in [-0.4, -0.2) is 0 Å². The summed E-state index contributed by atoms with van der Waals surface area (Å²) in [6.07, 6.45) is 5.62. The Labute approximate surface area is 320 Å². The van der Waals surface area contributed by atoms with Crippen molar-refractivity contribution in [2.24, 2.45) is 5.92 Å². The number of hydrogen-bond acceptors (Lipinski definition) is 3. The van der Waals surface area contributed by atoms with E-state index in [9.17, 15) is 0 Å². The summed E-state index contributed by atoms with van der Waals surface area (Å²) in [7, 11) is 0. The monoisotopic (exact) mass is 709 g/mol. The molecule has 0 aliphatic heterocycles.